The average molecular weight is 201 g/mol. The van der Waals surface area contributed by atoms with Gasteiger partial charge in [0, 0.05) is 18.8 Å². The van der Waals surface area contributed by atoms with Gasteiger partial charge in [-0.3, -0.25) is 0 Å². The molecule has 3 nitrogen and oxygen atoms in total. The molecular weight excluding hydrogens is 186 g/mol. The zero-order valence-electron chi connectivity index (χ0n) is 9.20. The molecule has 3 heteroatoms. The second kappa shape index (κ2) is 3.90. The van der Waals surface area contributed by atoms with Crippen molar-refractivity contribution in [3.63, 3.8) is 0 Å². The summed E-state index contributed by atoms with van der Waals surface area (Å²) in [5, 5.41) is 8.77. The lowest BCUT2D eigenvalue weighted by Crippen LogP contribution is -2.27. The minimum absolute atomic E-state index is 0.573. The summed E-state index contributed by atoms with van der Waals surface area (Å²) < 4.78 is 0. The fourth-order valence-electron chi connectivity index (χ4n) is 2.18. The molecule has 0 saturated carbocycles. The van der Waals surface area contributed by atoms with Crippen LogP contribution in [0.4, 0.5) is 5.82 Å². The van der Waals surface area contributed by atoms with Crippen LogP contribution in [-0.4, -0.2) is 17.6 Å². The monoisotopic (exact) mass is 201 g/mol. The molecule has 78 valence electrons. The van der Waals surface area contributed by atoms with E-state index in [1.54, 1.807) is 6.20 Å². The Morgan fingerprint density at radius 2 is 2.40 bits per heavy atom. The SMILES string of the molecule is Cc1cc(C#N)cnc1N1CCCC1C. The maximum atomic E-state index is 8.77. The van der Waals surface area contributed by atoms with Crippen LogP contribution < -0.4 is 4.90 Å². The Kier molecular flexibility index (Phi) is 2.59. The van der Waals surface area contributed by atoms with Crippen molar-refractivity contribution in [2.45, 2.75) is 32.7 Å². The average Bonchev–Trinajstić information content (AvgIpc) is 2.64. The topological polar surface area (TPSA) is 39.9 Å². The Morgan fingerprint density at radius 3 is 2.93 bits per heavy atom. The number of anilines is 1. The van der Waals surface area contributed by atoms with Crippen molar-refractivity contribution in [2.24, 2.45) is 0 Å². The summed E-state index contributed by atoms with van der Waals surface area (Å²) in [5.41, 5.74) is 1.74. The number of hydrogen-bond donors (Lipinski definition) is 0. The van der Waals surface area contributed by atoms with E-state index in [4.69, 9.17) is 5.26 Å². The first kappa shape index (κ1) is 9.97. The molecule has 0 N–H and O–H groups in total. The highest BCUT2D eigenvalue weighted by atomic mass is 15.2. The van der Waals surface area contributed by atoms with Crippen molar-refractivity contribution < 1.29 is 0 Å². The number of pyridine rings is 1. The van der Waals surface area contributed by atoms with Gasteiger partial charge in [0.15, 0.2) is 0 Å². The van der Waals surface area contributed by atoms with Gasteiger partial charge >= 0.3 is 0 Å². The quantitative estimate of drug-likeness (QED) is 0.699. The van der Waals surface area contributed by atoms with Gasteiger partial charge in [-0.05, 0) is 38.3 Å². The predicted octanol–water partition coefficient (Wildman–Crippen LogP) is 2.25. The van der Waals surface area contributed by atoms with Gasteiger partial charge in [-0.15, -0.1) is 0 Å². The third kappa shape index (κ3) is 1.80. The molecule has 0 aliphatic carbocycles. The molecule has 2 heterocycles. The van der Waals surface area contributed by atoms with E-state index in [0.29, 0.717) is 11.6 Å². The van der Waals surface area contributed by atoms with Crippen molar-refractivity contribution in [3.8, 4) is 6.07 Å². The van der Waals surface area contributed by atoms with Gasteiger partial charge in [-0.2, -0.15) is 5.26 Å². The number of aryl methyl sites for hydroxylation is 1. The largest absolute Gasteiger partial charge is 0.354 e. The molecule has 1 atom stereocenters. The fourth-order valence-corrected chi connectivity index (χ4v) is 2.18. The normalized spacial score (nSPS) is 20.3. The zero-order chi connectivity index (χ0) is 10.8. The van der Waals surface area contributed by atoms with E-state index in [2.05, 4.69) is 22.9 Å². The first-order valence-electron chi connectivity index (χ1n) is 5.36. The van der Waals surface area contributed by atoms with Crippen LogP contribution in [-0.2, 0) is 0 Å². The third-order valence-corrected chi connectivity index (χ3v) is 3.00. The second-order valence-electron chi connectivity index (χ2n) is 4.16. The number of hydrogen-bond acceptors (Lipinski definition) is 3. The van der Waals surface area contributed by atoms with Crippen LogP contribution in [0.25, 0.3) is 0 Å². The summed E-state index contributed by atoms with van der Waals surface area (Å²) in [5.74, 6) is 1.04. The minimum atomic E-state index is 0.573. The maximum absolute atomic E-state index is 8.77. The van der Waals surface area contributed by atoms with Gasteiger partial charge in [-0.1, -0.05) is 0 Å². The van der Waals surface area contributed by atoms with E-state index < -0.39 is 0 Å². The van der Waals surface area contributed by atoms with Crippen molar-refractivity contribution >= 4 is 5.82 Å². The summed E-state index contributed by atoms with van der Waals surface area (Å²) in [6.07, 6.45) is 4.14. The van der Waals surface area contributed by atoms with E-state index in [9.17, 15) is 0 Å². The van der Waals surface area contributed by atoms with E-state index in [1.807, 2.05) is 13.0 Å². The van der Waals surface area contributed by atoms with Gasteiger partial charge in [-0.25, -0.2) is 4.98 Å². The maximum Gasteiger partial charge on any atom is 0.131 e. The van der Waals surface area contributed by atoms with Crippen LogP contribution in [0.1, 0.15) is 30.9 Å². The van der Waals surface area contributed by atoms with Gasteiger partial charge < -0.3 is 4.90 Å². The van der Waals surface area contributed by atoms with Crippen LogP contribution >= 0.6 is 0 Å². The van der Waals surface area contributed by atoms with Crippen molar-refractivity contribution in [2.75, 3.05) is 11.4 Å². The van der Waals surface area contributed by atoms with Crippen molar-refractivity contribution in [1.29, 1.82) is 5.26 Å². The van der Waals surface area contributed by atoms with E-state index in [-0.39, 0.29) is 0 Å². The molecule has 15 heavy (non-hydrogen) atoms. The molecule has 0 radical (unpaired) electrons. The van der Waals surface area contributed by atoms with E-state index in [0.717, 1.165) is 17.9 Å². The Hall–Kier alpha value is -1.56. The predicted molar refractivity (Wildman–Crippen MR) is 59.7 cm³/mol. The van der Waals surface area contributed by atoms with E-state index >= 15 is 0 Å². The Balaban J connectivity index is 2.33. The molecule has 0 amide bonds. The number of nitrogens with zero attached hydrogens (tertiary/aromatic N) is 3. The second-order valence-corrected chi connectivity index (χ2v) is 4.16. The van der Waals surface area contributed by atoms with E-state index in [1.165, 1.54) is 12.8 Å². The molecule has 1 aliphatic rings. The van der Waals surface area contributed by atoms with Crippen molar-refractivity contribution in [1.82, 2.24) is 4.98 Å². The lowest BCUT2D eigenvalue weighted by molar-refractivity contribution is 0.725. The molecule has 0 aromatic carbocycles. The highest BCUT2D eigenvalue weighted by molar-refractivity contribution is 5.50. The number of aromatic nitrogens is 1. The summed E-state index contributed by atoms with van der Waals surface area (Å²) in [7, 11) is 0. The number of nitriles is 1. The Morgan fingerprint density at radius 1 is 1.60 bits per heavy atom. The lowest BCUT2D eigenvalue weighted by Gasteiger charge is -2.24. The third-order valence-electron chi connectivity index (χ3n) is 3.00. The number of rotatable bonds is 1. The van der Waals surface area contributed by atoms with Gasteiger partial charge in [0.05, 0.1) is 5.56 Å². The summed E-state index contributed by atoms with van der Waals surface area (Å²) in [6.45, 7) is 5.33. The standard InChI is InChI=1S/C12H15N3/c1-9-6-11(7-13)8-14-12(9)15-5-3-4-10(15)2/h6,8,10H,3-5H2,1-2H3. The van der Waals surface area contributed by atoms with Gasteiger partial charge in [0.1, 0.15) is 11.9 Å². The van der Waals surface area contributed by atoms with Crippen LogP contribution in [0.2, 0.25) is 0 Å². The summed E-state index contributed by atoms with van der Waals surface area (Å²) in [4.78, 5) is 6.71. The molecule has 1 aromatic rings. The Bertz CT molecular complexity index is 406. The smallest absolute Gasteiger partial charge is 0.131 e. The molecule has 1 unspecified atom stereocenters. The molecule has 0 bridgehead atoms. The summed E-state index contributed by atoms with van der Waals surface area (Å²) >= 11 is 0. The fraction of sp³-hybridized carbons (Fsp3) is 0.500. The molecule has 2 rings (SSSR count). The van der Waals surface area contributed by atoms with Crippen molar-refractivity contribution in [3.05, 3.63) is 23.4 Å². The first-order valence-corrected chi connectivity index (χ1v) is 5.36. The van der Waals surface area contributed by atoms with Gasteiger partial charge in [0.2, 0.25) is 0 Å². The molecule has 1 aromatic heterocycles. The van der Waals surface area contributed by atoms with Crippen LogP contribution in [0.5, 0.6) is 0 Å². The van der Waals surface area contributed by atoms with Crippen LogP contribution in [0.3, 0.4) is 0 Å². The highest BCUT2D eigenvalue weighted by Crippen LogP contribution is 2.26. The van der Waals surface area contributed by atoms with Gasteiger partial charge in [0.25, 0.3) is 0 Å². The Labute approximate surface area is 90.4 Å². The van der Waals surface area contributed by atoms with Crippen LogP contribution in [0.15, 0.2) is 12.3 Å². The molecule has 1 saturated heterocycles. The first-order chi connectivity index (χ1) is 7.22. The molecule has 1 aliphatic heterocycles. The highest BCUT2D eigenvalue weighted by Gasteiger charge is 2.22. The molecule has 0 spiro atoms. The zero-order valence-corrected chi connectivity index (χ0v) is 9.20. The summed E-state index contributed by atoms with van der Waals surface area (Å²) in [6, 6.07) is 4.60. The molecule has 1 fully saturated rings. The minimum Gasteiger partial charge on any atom is -0.354 e. The molecular formula is C12H15N3. The lowest BCUT2D eigenvalue weighted by atomic mass is 10.2. The van der Waals surface area contributed by atoms with Crippen LogP contribution in [0, 0.1) is 18.3 Å².